The van der Waals surface area contributed by atoms with Crippen molar-refractivity contribution in [3.63, 3.8) is 0 Å². The van der Waals surface area contributed by atoms with Crippen LogP contribution in [0.15, 0.2) is 30.3 Å². The Hall–Kier alpha value is -5.22. The number of rotatable bonds is 29. The highest BCUT2D eigenvalue weighted by atomic mass is 32.2. The Labute approximate surface area is 447 Å². The molecule has 5 aromatic rings. The number of hydrogen-bond acceptors (Lipinski definition) is 1. The van der Waals surface area contributed by atoms with Gasteiger partial charge in [0.15, 0.2) is 75.6 Å². The van der Waals surface area contributed by atoms with Gasteiger partial charge in [0.25, 0.3) is 0 Å². The lowest BCUT2D eigenvalue weighted by atomic mass is 9.12. The maximum Gasteiger partial charge on any atom is 0.211 e. The molecule has 0 fully saturated rings. The van der Waals surface area contributed by atoms with Crippen molar-refractivity contribution in [2.45, 2.75) is 142 Å². The average molecular weight is 1170 g/mol. The van der Waals surface area contributed by atoms with Crippen molar-refractivity contribution in [1.82, 2.24) is 0 Å². The van der Waals surface area contributed by atoms with Gasteiger partial charge in [0.05, 0.1) is 0 Å². The number of benzene rings is 5. The van der Waals surface area contributed by atoms with Gasteiger partial charge in [-0.3, -0.25) is 4.79 Å². The number of halogens is 20. The molecular weight excluding hydrogens is 1110 g/mol. The minimum atomic E-state index is -7.22. The maximum atomic E-state index is 15.4. The highest BCUT2D eigenvalue weighted by molar-refractivity contribution is 7.97. The van der Waals surface area contributed by atoms with Crippen molar-refractivity contribution in [2.24, 2.45) is 0 Å². The summed E-state index contributed by atoms with van der Waals surface area (Å²) in [6.45, 7) is 4.58. The van der Waals surface area contributed by atoms with Crippen molar-refractivity contribution in [3.05, 3.63) is 152 Å². The summed E-state index contributed by atoms with van der Waals surface area (Å²) in [5, 5.41) is 0. The zero-order chi connectivity index (χ0) is 58.9. The first-order valence-corrected chi connectivity index (χ1v) is 27.7. The number of ketones is 1. The Bertz CT molecular complexity index is 2440. The SMILES string of the molecule is CCCCCCCCCCCC[S+](CCCCCCCCCCCC)CC(=O)c1ccccc1.Fc1c(F)c(F)c([B-](c2c(F)c(F)c(F)c(F)c2F)(c2c(F)c(F)c(F)c(F)c2F)c2c(F)c(F)c(F)c(F)c2F)c(F)c1F. The summed E-state index contributed by atoms with van der Waals surface area (Å²) in [7, 11) is 0.270. The van der Waals surface area contributed by atoms with Crippen molar-refractivity contribution in [3.8, 4) is 0 Å². The zero-order valence-electron chi connectivity index (χ0n) is 43.1. The zero-order valence-corrected chi connectivity index (χ0v) is 43.9. The fourth-order valence-electron chi connectivity index (χ4n) is 9.60. The molecule has 1 nitrogen and oxygen atoms in total. The van der Waals surface area contributed by atoms with Gasteiger partial charge in [-0.1, -0.05) is 147 Å². The Morgan fingerprint density at radius 3 is 0.734 bits per heavy atom. The van der Waals surface area contributed by atoms with E-state index >= 15 is 35.1 Å². The van der Waals surface area contributed by atoms with E-state index in [1.807, 2.05) is 30.3 Å². The average Bonchev–Trinajstić information content (AvgIpc) is 3.62. The van der Waals surface area contributed by atoms with Gasteiger partial charge in [-0.2, -0.15) is 0 Å². The van der Waals surface area contributed by atoms with Crippen molar-refractivity contribution in [2.75, 3.05) is 17.3 Å². The van der Waals surface area contributed by atoms with Crippen molar-refractivity contribution < 1.29 is 92.6 Å². The highest BCUT2D eigenvalue weighted by Gasteiger charge is 2.52. The van der Waals surface area contributed by atoms with E-state index in [0.717, 1.165) is 11.3 Å². The predicted octanol–water partition coefficient (Wildman–Crippen LogP) is 16.2. The van der Waals surface area contributed by atoms with Crippen LogP contribution in [0.25, 0.3) is 0 Å². The third-order valence-corrected chi connectivity index (χ3v) is 16.1. The van der Waals surface area contributed by atoms with Crippen LogP contribution in [-0.4, -0.2) is 29.2 Å². The first-order chi connectivity index (χ1) is 37.5. The van der Waals surface area contributed by atoms with Crippen molar-refractivity contribution >= 4 is 44.7 Å². The first-order valence-electron chi connectivity index (χ1n) is 25.9. The summed E-state index contributed by atoms with van der Waals surface area (Å²) < 4.78 is 294. The van der Waals surface area contributed by atoms with Gasteiger partial charge in [-0.05, 0) is 36.6 Å². The van der Waals surface area contributed by atoms with Crippen LogP contribution in [0.1, 0.15) is 153 Å². The van der Waals surface area contributed by atoms with Gasteiger partial charge in [-0.25, -0.2) is 87.8 Å². The van der Waals surface area contributed by atoms with E-state index in [0.29, 0.717) is 5.78 Å². The molecule has 0 unspecified atom stereocenters. The molecule has 0 heterocycles. The van der Waals surface area contributed by atoms with Crippen LogP contribution in [0.4, 0.5) is 87.8 Å². The summed E-state index contributed by atoms with van der Waals surface area (Å²) >= 11 is 0. The molecule has 0 saturated heterocycles. The molecule has 0 aliphatic heterocycles. The fourth-order valence-corrected chi connectivity index (χ4v) is 11.9. The second-order valence-electron chi connectivity index (χ2n) is 19.1. The minimum Gasteiger partial charge on any atom is -0.289 e. The van der Waals surface area contributed by atoms with E-state index in [2.05, 4.69) is 13.8 Å². The van der Waals surface area contributed by atoms with Crippen LogP contribution < -0.4 is 21.9 Å². The van der Waals surface area contributed by atoms with Gasteiger partial charge in [0.1, 0.15) is 64.2 Å². The normalized spacial score (nSPS) is 11.7. The molecule has 0 atom stereocenters. The molecule has 0 aliphatic carbocycles. The number of hydrogen-bond donors (Lipinski definition) is 0. The quantitative estimate of drug-likeness (QED) is 0.00887. The lowest BCUT2D eigenvalue weighted by molar-refractivity contribution is 0.102. The molecule has 0 amide bonds. The molecule has 0 aromatic heterocycles. The molecule has 0 spiro atoms. The van der Waals surface area contributed by atoms with Crippen LogP contribution in [0.5, 0.6) is 0 Å². The third kappa shape index (κ3) is 15.2. The molecule has 0 N–H and O–H groups in total. The Morgan fingerprint density at radius 1 is 0.304 bits per heavy atom. The molecule has 5 aromatic carbocycles. The van der Waals surface area contributed by atoms with Gasteiger partial charge in [0, 0.05) is 5.56 Å². The summed E-state index contributed by atoms with van der Waals surface area (Å²) in [6, 6.07) is 9.98. The van der Waals surface area contributed by atoms with E-state index in [1.165, 1.54) is 140 Å². The fraction of sp³-hybridized carbons (Fsp3) is 0.446. The Morgan fingerprint density at radius 2 is 0.506 bits per heavy atom. The topological polar surface area (TPSA) is 17.1 Å². The predicted molar refractivity (Wildman–Crippen MR) is 266 cm³/mol. The molecule has 436 valence electrons. The molecule has 23 heteroatoms. The van der Waals surface area contributed by atoms with Gasteiger partial charge < -0.3 is 0 Å². The van der Waals surface area contributed by atoms with Crippen LogP contribution in [-0.2, 0) is 10.9 Å². The molecule has 0 aliphatic rings. The smallest absolute Gasteiger partial charge is 0.211 e. The standard InChI is InChI=1S/C32H57OS.C24BF20/c1-3-5-7-9-11-13-15-17-19-24-28-34(30-32(33)31-26-22-21-23-27-31)29-25-20-18-16-14-12-10-8-6-4-2;26-5-1(6(27)14(35)21(42)13(5)34)25(2-7(28)15(36)22(43)16(37)8(2)29,3-9(30)17(38)23(44)18(39)10(3)31)4-11(32)19(40)24(45)20(41)12(4)33/h21-23,26-27H,3-20,24-25,28-30H2,1-2H3;/q+1;-1. The van der Waals surface area contributed by atoms with E-state index in [4.69, 9.17) is 0 Å². The monoisotopic (exact) mass is 1170 g/mol. The third-order valence-electron chi connectivity index (χ3n) is 13.7. The number of unbranched alkanes of at least 4 members (excludes halogenated alkanes) is 18. The summed E-state index contributed by atoms with van der Waals surface area (Å²) in [4.78, 5) is 12.8. The Balaban J connectivity index is 0.000000355. The molecule has 0 radical (unpaired) electrons. The summed E-state index contributed by atoms with van der Waals surface area (Å²) in [5.41, 5.74) is -13.4. The molecular formula is C56H57BF20OS. The second kappa shape index (κ2) is 31.1. The second-order valence-corrected chi connectivity index (χ2v) is 21.4. The van der Waals surface area contributed by atoms with E-state index < -0.39 is 144 Å². The largest absolute Gasteiger partial charge is 0.289 e. The molecule has 0 bridgehead atoms. The first kappa shape index (κ1) is 66.3. The van der Waals surface area contributed by atoms with E-state index in [1.54, 1.807) is 0 Å². The van der Waals surface area contributed by atoms with Crippen LogP contribution in [0, 0.1) is 116 Å². The Kier molecular flexibility index (Phi) is 26.1. The van der Waals surface area contributed by atoms with Gasteiger partial charge >= 0.3 is 0 Å². The number of carbonyl (C=O) groups excluding carboxylic acids is 1. The lowest BCUT2D eigenvalue weighted by Crippen LogP contribution is -2.81. The van der Waals surface area contributed by atoms with Gasteiger partial charge in [-0.15, -0.1) is 21.9 Å². The van der Waals surface area contributed by atoms with Crippen molar-refractivity contribution in [1.29, 1.82) is 0 Å². The van der Waals surface area contributed by atoms with Gasteiger partial charge in [0.2, 0.25) is 5.78 Å². The minimum absolute atomic E-state index is 0.270. The number of carbonyl (C=O) groups is 1. The van der Waals surface area contributed by atoms with Crippen LogP contribution in [0.3, 0.4) is 0 Å². The molecule has 5 rings (SSSR count). The summed E-state index contributed by atoms with van der Waals surface area (Å²) in [5.74, 6) is -67.7. The highest BCUT2D eigenvalue weighted by Crippen LogP contribution is 2.31. The van der Waals surface area contributed by atoms with E-state index in [9.17, 15) is 57.5 Å². The van der Waals surface area contributed by atoms with E-state index in [-0.39, 0.29) is 10.9 Å². The summed E-state index contributed by atoms with van der Waals surface area (Å²) in [6.07, 6.45) is 20.6. The van der Waals surface area contributed by atoms with Crippen LogP contribution >= 0.6 is 0 Å². The maximum absolute atomic E-state index is 15.4. The lowest BCUT2D eigenvalue weighted by Gasteiger charge is -2.44. The number of Topliss-reactive ketones (excluding diaryl/α,β-unsaturated/α-hetero) is 1. The molecule has 79 heavy (non-hydrogen) atoms. The molecule has 0 saturated carbocycles. The van der Waals surface area contributed by atoms with Crippen LogP contribution in [0.2, 0.25) is 0 Å².